The quantitative estimate of drug-likeness (QED) is 0.713. The van der Waals surface area contributed by atoms with E-state index in [4.69, 9.17) is 5.73 Å². The number of amides is 3. The number of imide groups is 1. The number of hydrogen-bond donors (Lipinski definition) is 2. The summed E-state index contributed by atoms with van der Waals surface area (Å²) in [5.74, 6) is -0.806. The number of likely N-dealkylation sites (tertiary alicyclic amines) is 1. The van der Waals surface area contributed by atoms with Crippen LogP contribution in [-0.2, 0) is 14.4 Å². The van der Waals surface area contributed by atoms with Crippen molar-refractivity contribution < 1.29 is 14.4 Å². The molecule has 7 heteroatoms. The van der Waals surface area contributed by atoms with Crippen molar-refractivity contribution >= 4 is 30.1 Å². The first kappa shape index (κ1) is 17.9. The molecular formula is C14H24ClN3O3. The highest BCUT2D eigenvalue weighted by molar-refractivity contribution is 6.07. The standard InChI is InChI=1S/C14H23N3O3.ClH/c1-9(6-15)7-16-12(18)8-17-13(19)10-4-2-3-5-11(10)14(17)20;/h9-11H,2-8,15H2,1H3,(H,16,18);1H. The summed E-state index contributed by atoms with van der Waals surface area (Å²) in [4.78, 5) is 37.3. The van der Waals surface area contributed by atoms with Crippen LogP contribution in [0.3, 0.4) is 0 Å². The molecule has 1 saturated carbocycles. The second-order valence-corrected chi connectivity index (χ2v) is 5.91. The van der Waals surface area contributed by atoms with Crippen LogP contribution in [0.1, 0.15) is 32.6 Å². The van der Waals surface area contributed by atoms with E-state index in [-0.39, 0.29) is 54.4 Å². The van der Waals surface area contributed by atoms with Crippen LogP contribution in [0.25, 0.3) is 0 Å². The minimum Gasteiger partial charge on any atom is -0.354 e. The lowest BCUT2D eigenvalue weighted by Crippen LogP contribution is -2.42. The second-order valence-electron chi connectivity index (χ2n) is 5.91. The third kappa shape index (κ3) is 3.95. The molecular weight excluding hydrogens is 294 g/mol. The number of fused-ring (bicyclic) bond motifs is 1. The first-order valence-corrected chi connectivity index (χ1v) is 7.36. The van der Waals surface area contributed by atoms with E-state index in [0.29, 0.717) is 13.1 Å². The molecule has 1 saturated heterocycles. The molecule has 2 aliphatic rings. The second kappa shape index (κ2) is 7.75. The van der Waals surface area contributed by atoms with Gasteiger partial charge in [-0.2, -0.15) is 0 Å². The Hall–Kier alpha value is -1.14. The van der Waals surface area contributed by atoms with Crippen LogP contribution < -0.4 is 11.1 Å². The Bertz CT molecular complexity index is 392. The summed E-state index contributed by atoms with van der Waals surface area (Å²) in [7, 11) is 0. The van der Waals surface area contributed by atoms with Crippen LogP contribution in [0.15, 0.2) is 0 Å². The molecule has 3 N–H and O–H groups in total. The van der Waals surface area contributed by atoms with Crippen LogP contribution in [0.4, 0.5) is 0 Å². The number of rotatable bonds is 5. The summed E-state index contributed by atoms with van der Waals surface area (Å²) in [6.07, 6.45) is 3.54. The van der Waals surface area contributed by atoms with Gasteiger partial charge in [0.05, 0.1) is 11.8 Å². The molecule has 6 nitrogen and oxygen atoms in total. The van der Waals surface area contributed by atoms with Gasteiger partial charge < -0.3 is 11.1 Å². The van der Waals surface area contributed by atoms with Gasteiger partial charge in [0.25, 0.3) is 0 Å². The molecule has 120 valence electrons. The minimum absolute atomic E-state index is 0. The largest absolute Gasteiger partial charge is 0.354 e. The Labute approximate surface area is 131 Å². The van der Waals surface area contributed by atoms with Gasteiger partial charge in [0.15, 0.2) is 0 Å². The number of carbonyl (C=O) groups is 3. The fourth-order valence-electron chi connectivity index (χ4n) is 2.96. The van der Waals surface area contributed by atoms with Gasteiger partial charge in [-0.3, -0.25) is 19.3 Å². The summed E-state index contributed by atoms with van der Waals surface area (Å²) in [6, 6.07) is 0. The number of nitrogens with zero attached hydrogens (tertiary/aromatic N) is 1. The Morgan fingerprint density at radius 1 is 1.29 bits per heavy atom. The molecule has 0 aromatic heterocycles. The van der Waals surface area contributed by atoms with Crippen molar-refractivity contribution in [3.8, 4) is 0 Å². The summed E-state index contributed by atoms with van der Waals surface area (Å²) in [5, 5.41) is 2.72. The lowest BCUT2D eigenvalue weighted by atomic mass is 9.81. The maximum absolute atomic E-state index is 12.2. The van der Waals surface area contributed by atoms with Gasteiger partial charge >= 0.3 is 0 Å². The molecule has 3 atom stereocenters. The molecule has 0 radical (unpaired) electrons. The fraction of sp³-hybridized carbons (Fsp3) is 0.786. The molecule has 21 heavy (non-hydrogen) atoms. The van der Waals surface area contributed by atoms with Gasteiger partial charge in [-0.05, 0) is 25.3 Å². The van der Waals surface area contributed by atoms with Crippen LogP contribution in [0.2, 0.25) is 0 Å². The zero-order chi connectivity index (χ0) is 14.7. The number of halogens is 1. The first-order valence-electron chi connectivity index (χ1n) is 7.36. The lowest BCUT2D eigenvalue weighted by molar-refractivity contribution is -0.143. The van der Waals surface area contributed by atoms with Gasteiger partial charge in [0.2, 0.25) is 17.7 Å². The van der Waals surface area contributed by atoms with E-state index in [1.54, 1.807) is 0 Å². The van der Waals surface area contributed by atoms with Crippen LogP contribution in [0, 0.1) is 17.8 Å². The lowest BCUT2D eigenvalue weighted by Gasteiger charge is -2.19. The maximum Gasteiger partial charge on any atom is 0.240 e. The van der Waals surface area contributed by atoms with Crippen molar-refractivity contribution in [1.82, 2.24) is 10.2 Å². The fourth-order valence-corrected chi connectivity index (χ4v) is 2.96. The van der Waals surface area contributed by atoms with Gasteiger partial charge in [-0.1, -0.05) is 19.8 Å². The van der Waals surface area contributed by atoms with Gasteiger partial charge in [-0.25, -0.2) is 0 Å². The summed E-state index contributed by atoms with van der Waals surface area (Å²) in [5.41, 5.74) is 5.48. The van der Waals surface area contributed by atoms with E-state index in [9.17, 15) is 14.4 Å². The molecule has 0 aromatic rings. The third-order valence-corrected chi connectivity index (χ3v) is 4.28. The van der Waals surface area contributed by atoms with Crippen LogP contribution in [0.5, 0.6) is 0 Å². The van der Waals surface area contributed by atoms with E-state index >= 15 is 0 Å². The van der Waals surface area contributed by atoms with Crippen molar-refractivity contribution in [3.63, 3.8) is 0 Å². The normalized spacial score (nSPS) is 26.1. The zero-order valence-electron chi connectivity index (χ0n) is 12.3. The molecule has 0 spiro atoms. The Kier molecular flexibility index (Phi) is 6.61. The molecule has 3 amide bonds. The van der Waals surface area contributed by atoms with Crippen molar-refractivity contribution in [1.29, 1.82) is 0 Å². The van der Waals surface area contributed by atoms with Crippen molar-refractivity contribution in [2.45, 2.75) is 32.6 Å². The molecule has 0 bridgehead atoms. The van der Waals surface area contributed by atoms with Crippen molar-refractivity contribution in [2.24, 2.45) is 23.5 Å². The minimum atomic E-state index is -0.286. The number of nitrogens with two attached hydrogens (primary N) is 1. The van der Waals surface area contributed by atoms with Gasteiger partial charge in [-0.15, -0.1) is 12.4 Å². The first-order chi connectivity index (χ1) is 9.54. The Balaban J connectivity index is 0.00000220. The Morgan fingerprint density at radius 3 is 2.29 bits per heavy atom. The predicted octanol–water partition coefficient (Wildman–Crippen LogP) is 0.294. The molecule has 0 aromatic carbocycles. The molecule has 3 unspecified atom stereocenters. The van der Waals surface area contributed by atoms with E-state index in [1.165, 1.54) is 0 Å². The molecule has 2 rings (SSSR count). The highest BCUT2D eigenvalue weighted by Gasteiger charge is 2.48. The van der Waals surface area contributed by atoms with E-state index in [0.717, 1.165) is 30.6 Å². The average Bonchev–Trinajstić information content (AvgIpc) is 2.70. The van der Waals surface area contributed by atoms with Gasteiger partial charge in [0.1, 0.15) is 6.54 Å². The van der Waals surface area contributed by atoms with Crippen molar-refractivity contribution in [2.75, 3.05) is 19.6 Å². The number of carbonyl (C=O) groups excluding carboxylic acids is 3. The van der Waals surface area contributed by atoms with Gasteiger partial charge in [0, 0.05) is 6.54 Å². The van der Waals surface area contributed by atoms with E-state index in [1.807, 2.05) is 6.92 Å². The number of nitrogens with one attached hydrogen (secondary N) is 1. The SMILES string of the molecule is CC(CN)CNC(=O)CN1C(=O)C2CCCCC2C1=O.Cl. The smallest absolute Gasteiger partial charge is 0.240 e. The monoisotopic (exact) mass is 317 g/mol. The van der Waals surface area contributed by atoms with E-state index in [2.05, 4.69) is 5.32 Å². The van der Waals surface area contributed by atoms with Crippen molar-refractivity contribution in [3.05, 3.63) is 0 Å². The molecule has 1 aliphatic heterocycles. The molecule has 1 heterocycles. The average molecular weight is 318 g/mol. The summed E-state index contributed by atoms with van der Waals surface area (Å²) in [6.45, 7) is 2.74. The number of hydrogen-bond acceptors (Lipinski definition) is 4. The van der Waals surface area contributed by atoms with E-state index < -0.39 is 0 Å². The zero-order valence-corrected chi connectivity index (χ0v) is 13.2. The highest BCUT2D eigenvalue weighted by Crippen LogP contribution is 2.37. The van der Waals surface area contributed by atoms with Crippen LogP contribution >= 0.6 is 12.4 Å². The maximum atomic E-state index is 12.2. The summed E-state index contributed by atoms with van der Waals surface area (Å²) >= 11 is 0. The molecule has 2 fully saturated rings. The third-order valence-electron chi connectivity index (χ3n) is 4.28. The molecule has 1 aliphatic carbocycles. The summed E-state index contributed by atoms with van der Waals surface area (Å²) < 4.78 is 0. The van der Waals surface area contributed by atoms with Crippen LogP contribution in [-0.4, -0.2) is 42.3 Å². The topological polar surface area (TPSA) is 92.5 Å². The highest BCUT2D eigenvalue weighted by atomic mass is 35.5. The predicted molar refractivity (Wildman–Crippen MR) is 80.6 cm³/mol. The Morgan fingerprint density at radius 2 is 1.81 bits per heavy atom.